The van der Waals surface area contributed by atoms with E-state index in [0.29, 0.717) is 11.3 Å². The van der Waals surface area contributed by atoms with Gasteiger partial charge in [0.15, 0.2) is 0 Å². The van der Waals surface area contributed by atoms with E-state index in [1.807, 2.05) is 54.1 Å². The molecule has 3 rings (SSSR count). The molecule has 5 heteroatoms. The first-order chi connectivity index (χ1) is 12.4. The average Bonchev–Trinajstić information content (AvgIpc) is 2.96. The molecule has 0 fully saturated rings. The van der Waals surface area contributed by atoms with Gasteiger partial charge >= 0.3 is 0 Å². The van der Waals surface area contributed by atoms with Crippen molar-refractivity contribution in [3.8, 4) is 0 Å². The van der Waals surface area contributed by atoms with Crippen LogP contribution in [0, 0.1) is 5.92 Å². The third-order valence-corrected chi connectivity index (χ3v) is 4.69. The van der Waals surface area contributed by atoms with Crippen LogP contribution in [0.5, 0.6) is 0 Å². The molecule has 1 heterocycles. The highest BCUT2D eigenvalue weighted by molar-refractivity contribution is 5.99. The Morgan fingerprint density at radius 2 is 1.69 bits per heavy atom. The molecule has 134 valence electrons. The number of amides is 2. The Bertz CT molecular complexity index is 955. The molecule has 0 saturated carbocycles. The molecule has 0 aliphatic heterocycles. The first-order valence-corrected chi connectivity index (χ1v) is 8.63. The van der Waals surface area contributed by atoms with Crippen LogP contribution in [0.15, 0.2) is 54.6 Å². The standard InChI is InChI=1S/C21H23N3O2/c1-13(2)19(14-8-10-15(11-9-14)20(22)25)23-21(26)18-12-16-6-4-5-7-17(16)24(18)3/h4-13,19H,1-3H3,(H2,22,25)(H,23,26). The third kappa shape index (κ3) is 3.33. The number of hydrogen-bond acceptors (Lipinski definition) is 2. The summed E-state index contributed by atoms with van der Waals surface area (Å²) in [5.74, 6) is -0.397. The summed E-state index contributed by atoms with van der Waals surface area (Å²) in [5, 5.41) is 4.16. The van der Waals surface area contributed by atoms with Crippen LogP contribution in [-0.2, 0) is 7.05 Å². The maximum Gasteiger partial charge on any atom is 0.268 e. The van der Waals surface area contributed by atoms with Gasteiger partial charge in [0.2, 0.25) is 5.91 Å². The lowest BCUT2D eigenvalue weighted by Gasteiger charge is -2.23. The zero-order valence-corrected chi connectivity index (χ0v) is 15.2. The van der Waals surface area contributed by atoms with Gasteiger partial charge in [0.25, 0.3) is 5.91 Å². The minimum Gasteiger partial charge on any atom is -0.366 e. The fraction of sp³-hybridized carbons (Fsp3) is 0.238. The van der Waals surface area contributed by atoms with Gasteiger partial charge in [0.05, 0.1) is 6.04 Å². The summed E-state index contributed by atoms with van der Waals surface area (Å²) in [6.45, 7) is 4.10. The van der Waals surface area contributed by atoms with Gasteiger partial charge in [-0.2, -0.15) is 0 Å². The summed E-state index contributed by atoms with van der Waals surface area (Å²) < 4.78 is 1.90. The molecular weight excluding hydrogens is 326 g/mol. The molecule has 0 aliphatic rings. The molecule has 26 heavy (non-hydrogen) atoms. The molecule has 5 nitrogen and oxygen atoms in total. The van der Waals surface area contributed by atoms with E-state index in [4.69, 9.17) is 5.73 Å². The second-order valence-corrected chi connectivity index (χ2v) is 6.83. The molecule has 0 saturated heterocycles. The number of nitrogens with two attached hydrogens (primary N) is 1. The second kappa shape index (κ2) is 7.04. The number of benzene rings is 2. The highest BCUT2D eigenvalue weighted by atomic mass is 16.2. The first kappa shape index (κ1) is 17.7. The van der Waals surface area contributed by atoms with Gasteiger partial charge in [-0.3, -0.25) is 9.59 Å². The van der Waals surface area contributed by atoms with Gasteiger partial charge < -0.3 is 15.6 Å². The third-order valence-electron chi connectivity index (χ3n) is 4.69. The molecule has 1 unspecified atom stereocenters. The number of aryl methyl sites for hydroxylation is 1. The molecule has 1 atom stereocenters. The number of carbonyl (C=O) groups is 2. The number of nitrogens with zero attached hydrogens (tertiary/aromatic N) is 1. The largest absolute Gasteiger partial charge is 0.366 e. The monoisotopic (exact) mass is 349 g/mol. The van der Waals surface area contributed by atoms with Crippen LogP contribution < -0.4 is 11.1 Å². The first-order valence-electron chi connectivity index (χ1n) is 8.63. The lowest BCUT2D eigenvalue weighted by molar-refractivity contribution is 0.0916. The van der Waals surface area contributed by atoms with Crippen molar-refractivity contribution in [3.05, 3.63) is 71.4 Å². The predicted molar refractivity (Wildman–Crippen MR) is 103 cm³/mol. The fourth-order valence-electron chi connectivity index (χ4n) is 3.21. The molecule has 3 N–H and O–H groups in total. The summed E-state index contributed by atoms with van der Waals surface area (Å²) >= 11 is 0. The number of carbonyl (C=O) groups excluding carboxylic acids is 2. The summed E-state index contributed by atoms with van der Waals surface area (Å²) in [6.07, 6.45) is 0. The van der Waals surface area contributed by atoms with Gasteiger partial charge in [0.1, 0.15) is 5.69 Å². The van der Waals surface area contributed by atoms with Crippen LogP contribution >= 0.6 is 0 Å². The summed E-state index contributed by atoms with van der Waals surface area (Å²) in [6, 6.07) is 16.7. The van der Waals surface area contributed by atoms with Crippen LogP contribution in [0.25, 0.3) is 10.9 Å². The Balaban J connectivity index is 1.88. The zero-order valence-electron chi connectivity index (χ0n) is 15.2. The van der Waals surface area contributed by atoms with E-state index in [1.165, 1.54) is 0 Å². The van der Waals surface area contributed by atoms with E-state index in [9.17, 15) is 9.59 Å². The lowest BCUT2D eigenvalue weighted by Crippen LogP contribution is -2.32. The molecular formula is C21H23N3O2. The Kier molecular flexibility index (Phi) is 4.80. The highest BCUT2D eigenvalue weighted by Gasteiger charge is 2.21. The Morgan fingerprint density at radius 1 is 1.04 bits per heavy atom. The Hall–Kier alpha value is -3.08. The van der Waals surface area contributed by atoms with Gasteiger partial charge in [0, 0.05) is 23.5 Å². The van der Waals surface area contributed by atoms with Gasteiger partial charge in [-0.25, -0.2) is 0 Å². The van der Waals surface area contributed by atoms with E-state index in [0.717, 1.165) is 16.5 Å². The van der Waals surface area contributed by atoms with Crippen LogP contribution in [0.3, 0.4) is 0 Å². The topological polar surface area (TPSA) is 77.1 Å². The molecule has 2 amide bonds. The number of hydrogen-bond donors (Lipinski definition) is 2. The SMILES string of the molecule is CC(C)C(NC(=O)c1cc2ccccc2n1C)c1ccc(C(N)=O)cc1. The van der Waals surface area contributed by atoms with Crippen molar-refractivity contribution in [2.24, 2.45) is 18.7 Å². The molecule has 0 aliphatic carbocycles. The highest BCUT2D eigenvalue weighted by Crippen LogP contribution is 2.24. The predicted octanol–water partition coefficient (Wildman–Crippen LogP) is 3.40. The number of para-hydroxylation sites is 1. The quantitative estimate of drug-likeness (QED) is 0.740. The zero-order chi connectivity index (χ0) is 18.8. The number of nitrogens with one attached hydrogen (secondary N) is 1. The van der Waals surface area contributed by atoms with Gasteiger partial charge in [-0.15, -0.1) is 0 Å². The fourth-order valence-corrected chi connectivity index (χ4v) is 3.21. The average molecular weight is 349 g/mol. The van der Waals surface area contributed by atoms with Crippen molar-refractivity contribution in [2.45, 2.75) is 19.9 Å². The molecule has 0 radical (unpaired) electrons. The summed E-state index contributed by atoms with van der Waals surface area (Å²) in [5.41, 5.74) is 8.33. The minimum absolute atomic E-state index is 0.124. The molecule has 0 bridgehead atoms. The van der Waals surface area contributed by atoms with E-state index < -0.39 is 5.91 Å². The Labute approximate surface area is 152 Å². The van der Waals surface area contributed by atoms with Crippen molar-refractivity contribution in [3.63, 3.8) is 0 Å². The van der Waals surface area contributed by atoms with Crippen molar-refractivity contribution in [2.75, 3.05) is 0 Å². The van der Waals surface area contributed by atoms with Crippen molar-refractivity contribution < 1.29 is 9.59 Å². The van der Waals surface area contributed by atoms with Crippen molar-refractivity contribution in [1.29, 1.82) is 0 Å². The number of aromatic nitrogens is 1. The van der Waals surface area contributed by atoms with Crippen LogP contribution in [0.1, 0.15) is 46.3 Å². The smallest absolute Gasteiger partial charge is 0.268 e. The maximum absolute atomic E-state index is 12.9. The van der Waals surface area contributed by atoms with E-state index >= 15 is 0 Å². The summed E-state index contributed by atoms with van der Waals surface area (Å²) in [7, 11) is 1.89. The second-order valence-electron chi connectivity index (χ2n) is 6.83. The van der Waals surface area contributed by atoms with Gasteiger partial charge in [-0.1, -0.05) is 44.2 Å². The number of rotatable bonds is 5. The number of primary amides is 1. The van der Waals surface area contributed by atoms with Crippen molar-refractivity contribution >= 4 is 22.7 Å². The van der Waals surface area contributed by atoms with E-state index in [-0.39, 0.29) is 17.9 Å². The molecule has 3 aromatic rings. The molecule has 1 aromatic heterocycles. The van der Waals surface area contributed by atoms with E-state index in [2.05, 4.69) is 19.2 Å². The summed E-state index contributed by atoms with van der Waals surface area (Å²) in [4.78, 5) is 24.1. The minimum atomic E-state index is -0.461. The number of fused-ring (bicyclic) bond motifs is 1. The normalized spacial score (nSPS) is 12.3. The van der Waals surface area contributed by atoms with E-state index in [1.54, 1.807) is 12.1 Å². The molecule has 0 spiro atoms. The lowest BCUT2D eigenvalue weighted by atomic mass is 9.95. The van der Waals surface area contributed by atoms with Crippen molar-refractivity contribution in [1.82, 2.24) is 9.88 Å². The van der Waals surface area contributed by atoms with Crippen LogP contribution in [0.4, 0.5) is 0 Å². The van der Waals surface area contributed by atoms with Crippen LogP contribution in [-0.4, -0.2) is 16.4 Å². The maximum atomic E-state index is 12.9. The Morgan fingerprint density at radius 3 is 2.27 bits per heavy atom. The van der Waals surface area contributed by atoms with Crippen LogP contribution in [0.2, 0.25) is 0 Å². The van der Waals surface area contributed by atoms with Gasteiger partial charge in [-0.05, 0) is 35.7 Å². The molecule has 2 aromatic carbocycles.